The molecule has 0 bridgehead atoms. The summed E-state index contributed by atoms with van der Waals surface area (Å²) in [6, 6.07) is 6.87. The maximum atomic E-state index is 11.5. The molecule has 4 nitrogen and oxygen atoms in total. The number of methoxy groups -OCH3 is 2. The van der Waals surface area contributed by atoms with Crippen molar-refractivity contribution in [1.82, 2.24) is 0 Å². The lowest BCUT2D eigenvalue weighted by atomic mass is 10.1. The first-order chi connectivity index (χ1) is 8.56. The van der Waals surface area contributed by atoms with Crippen molar-refractivity contribution in [2.75, 3.05) is 14.2 Å². The van der Waals surface area contributed by atoms with Gasteiger partial charge in [0.15, 0.2) is 0 Å². The lowest BCUT2D eigenvalue weighted by molar-refractivity contribution is -0.143. The maximum absolute atomic E-state index is 11.5. The minimum absolute atomic E-state index is 0.133. The quantitative estimate of drug-likeness (QED) is 0.622. The fraction of sp³-hybridized carbons (Fsp3) is 0.231. The summed E-state index contributed by atoms with van der Waals surface area (Å²) >= 11 is 5.76. The van der Waals surface area contributed by atoms with E-state index in [4.69, 9.17) is 11.6 Å². The van der Waals surface area contributed by atoms with Crippen LogP contribution >= 0.6 is 11.6 Å². The number of benzene rings is 1. The van der Waals surface area contributed by atoms with Crippen LogP contribution in [0.4, 0.5) is 0 Å². The Hall–Kier alpha value is -1.81. The van der Waals surface area contributed by atoms with E-state index in [1.54, 1.807) is 30.3 Å². The van der Waals surface area contributed by atoms with Gasteiger partial charge in [-0.25, -0.2) is 4.79 Å². The van der Waals surface area contributed by atoms with Gasteiger partial charge in [0, 0.05) is 10.6 Å². The van der Waals surface area contributed by atoms with Crippen molar-refractivity contribution in [2.24, 2.45) is 0 Å². The molecule has 0 saturated heterocycles. The van der Waals surface area contributed by atoms with Crippen LogP contribution < -0.4 is 0 Å². The molecular formula is C13H13ClO4. The molecule has 0 fully saturated rings. The highest BCUT2D eigenvalue weighted by molar-refractivity contribution is 6.30. The normalized spacial score (nSPS) is 10.9. The van der Waals surface area contributed by atoms with E-state index in [0.717, 1.165) is 5.56 Å². The van der Waals surface area contributed by atoms with Crippen LogP contribution in [-0.4, -0.2) is 26.2 Å². The van der Waals surface area contributed by atoms with Crippen LogP contribution in [0.25, 0.3) is 6.08 Å². The molecule has 0 aromatic heterocycles. The molecule has 0 aliphatic rings. The van der Waals surface area contributed by atoms with Gasteiger partial charge in [0.1, 0.15) is 0 Å². The van der Waals surface area contributed by atoms with Crippen LogP contribution in [0.15, 0.2) is 29.8 Å². The van der Waals surface area contributed by atoms with E-state index < -0.39 is 11.9 Å². The molecule has 0 N–H and O–H groups in total. The standard InChI is InChI=1S/C13H13ClO4/c1-17-12(15)8-10(13(16)18-2)7-9-3-5-11(14)6-4-9/h3-7H,8H2,1-2H3. The first-order valence-corrected chi connectivity index (χ1v) is 5.56. The van der Waals surface area contributed by atoms with E-state index in [1.165, 1.54) is 14.2 Å². The summed E-state index contributed by atoms with van der Waals surface area (Å²) < 4.78 is 9.14. The molecule has 0 heterocycles. The fourth-order valence-corrected chi connectivity index (χ4v) is 1.43. The predicted molar refractivity (Wildman–Crippen MR) is 68.1 cm³/mol. The summed E-state index contributed by atoms with van der Waals surface area (Å²) in [5, 5.41) is 0.597. The molecule has 1 aromatic rings. The number of carbonyl (C=O) groups excluding carboxylic acids is 2. The Balaban J connectivity index is 2.98. The summed E-state index contributed by atoms with van der Waals surface area (Å²) in [7, 11) is 2.52. The van der Waals surface area contributed by atoms with Crippen molar-refractivity contribution >= 4 is 29.6 Å². The van der Waals surface area contributed by atoms with Gasteiger partial charge in [0.25, 0.3) is 0 Å². The Morgan fingerprint density at radius 3 is 2.28 bits per heavy atom. The van der Waals surface area contributed by atoms with Crippen LogP contribution in [-0.2, 0) is 19.1 Å². The van der Waals surface area contributed by atoms with Crippen LogP contribution in [0.5, 0.6) is 0 Å². The molecule has 1 aromatic carbocycles. The first kappa shape index (κ1) is 14.3. The van der Waals surface area contributed by atoms with Crippen molar-refractivity contribution in [3.63, 3.8) is 0 Å². The van der Waals surface area contributed by atoms with Gasteiger partial charge in [-0.3, -0.25) is 4.79 Å². The Morgan fingerprint density at radius 1 is 1.17 bits per heavy atom. The van der Waals surface area contributed by atoms with Crippen LogP contribution in [0.1, 0.15) is 12.0 Å². The third-order valence-electron chi connectivity index (χ3n) is 2.22. The maximum Gasteiger partial charge on any atom is 0.334 e. The zero-order chi connectivity index (χ0) is 13.5. The molecule has 0 aliphatic carbocycles. The fourth-order valence-electron chi connectivity index (χ4n) is 1.30. The van der Waals surface area contributed by atoms with Gasteiger partial charge >= 0.3 is 11.9 Å². The Kier molecular flexibility index (Phi) is 5.39. The largest absolute Gasteiger partial charge is 0.469 e. The van der Waals surface area contributed by atoms with Gasteiger partial charge in [0.05, 0.1) is 20.6 Å². The molecule has 0 atom stereocenters. The number of rotatable bonds is 4. The number of ether oxygens (including phenoxy) is 2. The molecule has 1 rings (SSSR count). The summed E-state index contributed by atoms with van der Waals surface area (Å²) in [5.74, 6) is -1.06. The zero-order valence-electron chi connectivity index (χ0n) is 10.1. The second-order valence-corrected chi connectivity index (χ2v) is 3.90. The van der Waals surface area contributed by atoms with Crippen molar-refractivity contribution in [2.45, 2.75) is 6.42 Å². The number of hydrogen-bond donors (Lipinski definition) is 0. The summed E-state index contributed by atoms with van der Waals surface area (Å²) in [6.07, 6.45) is 1.44. The van der Waals surface area contributed by atoms with Crippen LogP contribution in [0.3, 0.4) is 0 Å². The molecule has 0 saturated carbocycles. The number of carbonyl (C=O) groups is 2. The van der Waals surface area contributed by atoms with E-state index >= 15 is 0 Å². The SMILES string of the molecule is COC(=O)CC(=Cc1ccc(Cl)cc1)C(=O)OC. The highest BCUT2D eigenvalue weighted by atomic mass is 35.5. The highest BCUT2D eigenvalue weighted by Gasteiger charge is 2.14. The van der Waals surface area contributed by atoms with E-state index in [9.17, 15) is 9.59 Å². The topological polar surface area (TPSA) is 52.6 Å². The minimum Gasteiger partial charge on any atom is -0.469 e. The highest BCUT2D eigenvalue weighted by Crippen LogP contribution is 2.15. The lowest BCUT2D eigenvalue weighted by Crippen LogP contribution is -2.10. The third-order valence-corrected chi connectivity index (χ3v) is 2.47. The van der Waals surface area contributed by atoms with E-state index in [0.29, 0.717) is 5.02 Å². The van der Waals surface area contributed by atoms with Gasteiger partial charge < -0.3 is 9.47 Å². The van der Waals surface area contributed by atoms with Gasteiger partial charge in [0.2, 0.25) is 0 Å². The lowest BCUT2D eigenvalue weighted by Gasteiger charge is -2.04. The molecule has 18 heavy (non-hydrogen) atoms. The Labute approximate surface area is 110 Å². The second-order valence-electron chi connectivity index (χ2n) is 3.47. The van der Waals surface area contributed by atoms with E-state index in [1.807, 2.05) is 0 Å². The molecule has 0 spiro atoms. The summed E-state index contributed by atoms with van der Waals surface area (Å²) in [4.78, 5) is 22.7. The van der Waals surface area contributed by atoms with Gasteiger partial charge in [-0.05, 0) is 23.8 Å². The van der Waals surface area contributed by atoms with Crippen LogP contribution in [0, 0.1) is 0 Å². The molecular weight excluding hydrogens is 256 g/mol. The minimum atomic E-state index is -0.560. The summed E-state index contributed by atoms with van der Waals surface area (Å²) in [5.41, 5.74) is 0.982. The van der Waals surface area contributed by atoms with Crippen molar-refractivity contribution in [3.8, 4) is 0 Å². The Morgan fingerprint density at radius 2 is 1.78 bits per heavy atom. The first-order valence-electron chi connectivity index (χ1n) is 5.18. The number of halogens is 1. The van der Waals surface area contributed by atoms with E-state index in [-0.39, 0.29) is 12.0 Å². The number of esters is 2. The summed E-state index contributed by atoms with van der Waals surface area (Å²) in [6.45, 7) is 0. The zero-order valence-corrected chi connectivity index (χ0v) is 10.9. The monoisotopic (exact) mass is 268 g/mol. The van der Waals surface area contributed by atoms with Gasteiger partial charge in [-0.15, -0.1) is 0 Å². The van der Waals surface area contributed by atoms with Gasteiger partial charge in [-0.2, -0.15) is 0 Å². The molecule has 0 amide bonds. The van der Waals surface area contributed by atoms with Crippen molar-refractivity contribution in [1.29, 1.82) is 0 Å². The molecule has 0 unspecified atom stereocenters. The predicted octanol–water partition coefficient (Wildman–Crippen LogP) is 2.46. The molecule has 96 valence electrons. The van der Waals surface area contributed by atoms with Crippen molar-refractivity contribution in [3.05, 3.63) is 40.4 Å². The van der Waals surface area contributed by atoms with Crippen molar-refractivity contribution < 1.29 is 19.1 Å². The van der Waals surface area contributed by atoms with Crippen LogP contribution in [0.2, 0.25) is 5.02 Å². The average molecular weight is 269 g/mol. The van der Waals surface area contributed by atoms with E-state index in [2.05, 4.69) is 9.47 Å². The average Bonchev–Trinajstić information content (AvgIpc) is 2.39. The second kappa shape index (κ2) is 6.81. The molecule has 0 aliphatic heterocycles. The smallest absolute Gasteiger partial charge is 0.334 e. The molecule has 0 radical (unpaired) electrons. The molecule has 5 heteroatoms. The Bertz CT molecular complexity index is 462. The third kappa shape index (κ3) is 4.22. The number of hydrogen-bond acceptors (Lipinski definition) is 4. The van der Waals surface area contributed by atoms with Gasteiger partial charge in [-0.1, -0.05) is 23.7 Å².